The lowest BCUT2D eigenvalue weighted by Gasteiger charge is -2.37. The normalized spacial score (nSPS) is 17.3. The molecule has 18 heteroatoms. The highest BCUT2D eigenvalue weighted by Crippen LogP contribution is 2.34. The van der Waals surface area contributed by atoms with Gasteiger partial charge in [0.25, 0.3) is 5.56 Å². The van der Waals surface area contributed by atoms with Gasteiger partial charge in [-0.25, -0.2) is 0 Å². The highest BCUT2D eigenvalue weighted by atomic mass is 35.5. The number of hydrogen-bond acceptors (Lipinski definition) is 9. The van der Waals surface area contributed by atoms with Gasteiger partial charge in [-0.1, -0.05) is 24.6 Å². The number of alkyl halides is 3. The van der Waals surface area contributed by atoms with E-state index in [4.69, 9.17) is 21.1 Å². The van der Waals surface area contributed by atoms with Crippen molar-refractivity contribution >= 4 is 52.0 Å². The molecule has 0 aliphatic carbocycles. The van der Waals surface area contributed by atoms with Gasteiger partial charge in [0, 0.05) is 39.3 Å². The van der Waals surface area contributed by atoms with Gasteiger partial charge >= 0.3 is 18.0 Å². The van der Waals surface area contributed by atoms with Gasteiger partial charge in [-0.3, -0.25) is 19.2 Å². The number of halogens is 4. The smallest absolute Gasteiger partial charge is 0.378 e. The molecule has 3 aromatic rings. The number of aromatic nitrogens is 4. The molecule has 1 N–H and O–H groups in total. The van der Waals surface area contributed by atoms with E-state index < -0.39 is 35.0 Å². The van der Waals surface area contributed by atoms with Crippen molar-refractivity contribution in [2.75, 3.05) is 75.9 Å². The van der Waals surface area contributed by atoms with Crippen LogP contribution in [0.5, 0.6) is 0 Å². The van der Waals surface area contributed by atoms with E-state index in [2.05, 4.69) is 15.4 Å². The molecular weight excluding hydrogens is 673 g/mol. The van der Waals surface area contributed by atoms with Crippen LogP contribution in [0.4, 0.5) is 24.5 Å². The molecule has 14 nitrogen and oxygen atoms in total. The fourth-order valence-electron chi connectivity index (χ4n) is 6.09. The lowest BCUT2D eigenvalue weighted by Crippen LogP contribution is -2.55. The summed E-state index contributed by atoms with van der Waals surface area (Å²) >= 11 is 6.10. The van der Waals surface area contributed by atoms with Crippen molar-refractivity contribution < 1.29 is 37.0 Å². The van der Waals surface area contributed by atoms with E-state index in [1.807, 2.05) is 13.0 Å². The summed E-state index contributed by atoms with van der Waals surface area (Å²) in [7, 11) is 0. The minimum absolute atomic E-state index is 0.0167. The summed E-state index contributed by atoms with van der Waals surface area (Å²) in [6.07, 6.45) is -1.97. The summed E-state index contributed by atoms with van der Waals surface area (Å²) in [6.45, 7) is 4.48. The third-order valence-electron chi connectivity index (χ3n) is 8.65. The molecular formula is C31H34ClF3N8O6. The van der Waals surface area contributed by atoms with Crippen LogP contribution in [-0.2, 0) is 43.0 Å². The molecule has 0 radical (unpaired) electrons. The fraction of sp³-hybridized carbons (Fsp3) is 0.484. The summed E-state index contributed by atoms with van der Waals surface area (Å²) in [6, 6.07) is 2.63. The van der Waals surface area contributed by atoms with Gasteiger partial charge < -0.3 is 34.1 Å². The Morgan fingerprint density at radius 3 is 2.29 bits per heavy atom. The van der Waals surface area contributed by atoms with Gasteiger partial charge in [0.1, 0.15) is 12.2 Å². The molecule has 6 rings (SSSR count). The van der Waals surface area contributed by atoms with Crippen LogP contribution in [0, 0.1) is 0 Å². The second-order valence-electron chi connectivity index (χ2n) is 11.7. The summed E-state index contributed by atoms with van der Waals surface area (Å²) in [4.78, 5) is 62.8. The van der Waals surface area contributed by atoms with Crippen molar-refractivity contribution in [3.63, 3.8) is 0 Å². The minimum Gasteiger partial charge on any atom is -0.378 e. The molecule has 2 aromatic heterocycles. The topological polar surface area (TPSA) is 144 Å². The van der Waals surface area contributed by atoms with E-state index in [0.29, 0.717) is 63.9 Å². The number of nitrogens with zero attached hydrogens (tertiary/aromatic N) is 7. The number of carbonyl (C=O) groups excluding carboxylic acids is 3. The van der Waals surface area contributed by atoms with Crippen molar-refractivity contribution in [1.82, 2.24) is 29.0 Å². The Kier molecular flexibility index (Phi) is 9.94. The number of nitrogens with one attached hydrogen (secondary N) is 1. The molecule has 0 atom stereocenters. The van der Waals surface area contributed by atoms with Crippen LogP contribution in [0.3, 0.4) is 0 Å². The molecule has 0 unspecified atom stereocenters. The number of amides is 3. The predicted octanol–water partition coefficient (Wildman–Crippen LogP) is 2.08. The van der Waals surface area contributed by atoms with Crippen LogP contribution < -0.4 is 15.8 Å². The molecule has 2 fully saturated rings. The third-order valence-corrected chi connectivity index (χ3v) is 8.96. The molecule has 0 saturated carbocycles. The van der Waals surface area contributed by atoms with Gasteiger partial charge in [0.2, 0.25) is 11.7 Å². The fourth-order valence-corrected chi connectivity index (χ4v) is 6.32. The van der Waals surface area contributed by atoms with Crippen LogP contribution in [0.2, 0.25) is 5.02 Å². The second-order valence-corrected chi connectivity index (χ2v) is 12.1. The van der Waals surface area contributed by atoms with E-state index in [-0.39, 0.29) is 54.9 Å². The monoisotopic (exact) mass is 706 g/mol. The first-order valence-corrected chi connectivity index (χ1v) is 16.2. The minimum atomic E-state index is -4.61. The first-order chi connectivity index (χ1) is 23.5. The largest absolute Gasteiger partial charge is 0.416 e. The SMILES string of the molecule is CCc1c(N2CCN(C(=O)C(=O)N3CCOCC3)CC2)c(=O)n2nc(C3=CCOCC3)nc2n1CC(=O)Nc1ccc(C(F)(F)F)cc1Cl. The summed E-state index contributed by atoms with van der Waals surface area (Å²) < 4.78 is 52.9. The molecule has 0 spiro atoms. The molecule has 3 aliphatic rings. The molecule has 1 aromatic carbocycles. The lowest BCUT2D eigenvalue weighted by molar-refractivity contribution is -0.154. The number of ether oxygens (including phenoxy) is 2. The summed E-state index contributed by atoms with van der Waals surface area (Å²) in [5, 5.41) is 6.80. The Morgan fingerprint density at radius 1 is 0.980 bits per heavy atom. The molecule has 262 valence electrons. The van der Waals surface area contributed by atoms with E-state index in [1.165, 1.54) is 9.80 Å². The third kappa shape index (κ3) is 7.14. The zero-order chi connectivity index (χ0) is 34.9. The number of piperazine rings is 1. The Hall–Kier alpha value is -4.48. The van der Waals surface area contributed by atoms with Crippen LogP contribution in [0.15, 0.2) is 29.1 Å². The van der Waals surface area contributed by atoms with Crippen LogP contribution >= 0.6 is 11.6 Å². The van der Waals surface area contributed by atoms with Gasteiger partial charge in [0.15, 0.2) is 5.82 Å². The van der Waals surface area contributed by atoms with Crippen molar-refractivity contribution in [2.24, 2.45) is 0 Å². The van der Waals surface area contributed by atoms with E-state index in [1.54, 1.807) is 9.47 Å². The molecule has 3 aliphatic heterocycles. The van der Waals surface area contributed by atoms with Crippen molar-refractivity contribution in [2.45, 2.75) is 32.5 Å². The molecule has 2 saturated heterocycles. The number of anilines is 2. The Morgan fingerprint density at radius 2 is 1.67 bits per heavy atom. The number of hydrogen-bond donors (Lipinski definition) is 1. The summed E-state index contributed by atoms with van der Waals surface area (Å²) in [5.41, 5.74) is 0.0659. The Labute approximate surface area is 283 Å². The van der Waals surface area contributed by atoms with Gasteiger partial charge in [-0.2, -0.15) is 22.7 Å². The first-order valence-electron chi connectivity index (χ1n) is 15.8. The predicted molar refractivity (Wildman–Crippen MR) is 171 cm³/mol. The maximum Gasteiger partial charge on any atom is 0.416 e. The number of benzene rings is 1. The number of rotatable bonds is 6. The van der Waals surface area contributed by atoms with Crippen LogP contribution in [0.25, 0.3) is 11.4 Å². The maximum absolute atomic E-state index is 14.1. The average molecular weight is 707 g/mol. The number of fused-ring (bicyclic) bond motifs is 1. The van der Waals surface area contributed by atoms with Crippen molar-refractivity contribution in [3.05, 3.63) is 56.7 Å². The standard InChI is InChI=1S/C31H34ClF3N8O6/c1-2-23-25(39-7-9-40(10-8-39)28(46)29(47)41-11-15-49-16-12-41)27(45)43-30(37-26(38-43)19-5-13-48-14-6-19)42(23)18-24(44)36-22-4-3-20(17-21(22)32)31(33,34)35/h3-5,17H,2,6-16,18H2,1H3,(H,36,44). The molecule has 0 bridgehead atoms. The Bertz CT molecular complexity index is 1860. The van der Waals surface area contributed by atoms with Crippen LogP contribution in [0.1, 0.15) is 30.4 Å². The number of carbonyl (C=O) groups is 3. The van der Waals surface area contributed by atoms with E-state index in [0.717, 1.165) is 28.3 Å². The molecule has 3 amide bonds. The highest BCUT2D eigenvalue weighted by molar-refractivity contribution is 6.35. The maximum atomic E-state index is 14.1. The molecule has 49 heavy (non-hydrogen) atoms. The van der Waals surface area contributed by atoms with Crippen molar-refractivity contribution in [3.8, 4) is 0 Å². The zero-order valence-corrected chi connectivity index (χ0v) is 27.3. The van der Waals surface area contributed by atoms with Gasteiger partial charge in [-0.05, 0) is 36.6 Å². The van der Waals surface area contributed by atoms with Crippen LogP contribution in [-0.4, -0.2) is 112 Å². The summed E-state index contributed by atoms with van der Waals surface area (Å²) in [5.74, 6) is -1.43. The lowest BCUT2D eigenvalue weighted by atomic mass is 10.1. The quantitative estimate of drug-likeness (QED) is 0.381. The van der Waals surface area contributed by atoms with Gasteiger partial charge in [0.05, 0.1) is 48.4 Å². The van der Waals surface area contributed by atoms with Gasteiger partial charge in [-0.15, -0.1) is 5.10 Å². The zero-order valence-electron chi connectivity index (χ0n) is 26.6. The van der Waals surface area contributed by atoms with E-state index in [9.17, 15) is 32.3 Å². The Balaban J connectivity index is 1.31. The van der Waals surface area contributed by atoms with E-state index >= 15 is 0 Å². The number of morpholine rings is 1. The van der Waals surface area contributed by atoms with Crippen molar-refractivity contribution in [1.29, 1.82) is 0 Å². The first kappa shape index (κ1) is 34.4. The highest BCUT2D eigenvalue weighted by Gasteiger charge is 2.34. The average Bonchev–Trinajstić information content (AvgIpc) is 3.56. The second kappa shape index (κ2) is 14.2. The molecule has 5 heterocycles.